The number of hydrogen-bond donors (Lipinski definition) is 2. The largest absolute Gasteiger partial charge is 0.389 e. The van der Waals surface area contributed by atoms with Crippen LogP contribution in [-0.4, -0.2) is 4.99 Å². The van der Waals surface area contributed by atoms with Crippen molar-refractivity contribution in [3.63, 3.8) is 0 Å². The van der Waals surface area contributed by atoms with Crippen molar-refractivity contribution >= 4 is 34.2 Å². The second kappa shape index (κ2) is 6.86. The van der Waals surface area contributed by atoms with E-state index in [4.69, 9.17) is 18.0 Å². The van der Waals surface area contributed by atoms with Gasteiger partial charge in [0.25, 0.3) is 0 Å². The molecule has 3 N–H and O–H groups in total. The molecule has 106 valence electrons. The minimum atomic E-state index is 0.316. The number of hydrogen-bond acceptors (Lipinski definition) is 3. The number of aryl methyl sites for hydroxylation is 1. The number of thiophene rings is 1. The smallest absolute Gasteiger partial charge is 0.106 e. The molecule has 1 unspecified atom stereocenters. The topological polar surface area (TPSA) is 38.0 Å². The Hall–Kier alpha value is -1.39. The van der Waals surface area contributed by atoms with Crippen LogP contribution in [0, 0.1) is 6.92 Å². The maximum Gasteiger partial charge on any atom is 0.106 e. The first-order valence-electron chi connectivity index (χ1n) is 6.82. The lowest BCUT2D eigenvalue weighted by Gasteiger charge is -2.20. The molecule has 2 rings (SSSR count). The second-order valence-corrected chi connectivity index (χ2v) is 6.33. The average Bonchev–Trinajstić information content (AvgIpc) is 2.93. The molecule has 1 atom stereocenters. The number of benzene rings is 1. The van der Waals surface area contributed by atoms with E-state index in [-0.39, 0.29) is 0 Å². The number of rotatable bonds is 6. The van der Waals surface area contributed by atoms with Crippen molar-refractivity contribution in [2.75, 3.05) is 5.32 Å². The van der Waals surface area contributed by atoms with Crippen LogP contribution in [0.1, 0.15) is 41.8 Å². The first kappa shape index (κ1) is 15.0. The summed E-state index contributed by atoms with van der Waals surface area (Å²) in [5.74, 6) is 0. The monoisotopic (exact) mass is 304 g/mol. The molecule has 1 aromatic heterocycles. The minimum absolute atomic E-state index is 0.316. The zero-order valence-electron chi connectivity index (χ0n) is 11.8. The summed E-state index contributed by atoms with van der Waals surface area (Å²) >= 11 is 6.95. The first-order chi connectivity index (χ1) is 9.61. The van der Waals surface area contributed by atoms with Crippen molar-refractivity contribution in [1.29, 1.82) is 0 Å². The van der Waals surface area contributed by atoms with E-state index in [9.17, 15) is 0 Å². The fraction of sp³-hybridized carbons (Fsp3) is 0.312. The van der Waals surface area contributed by atoms with Gasteiger partial charge in [0.15, 0.2) is 0 Å². The highest BCUT2D eigenvalue weighted by Gasteiger charge is 2.14. The zero-order valence-corrected chi connectivity index (χ0v) is 13.5. The highest BCUT2D eigenvalue weighted by molar-refractivity contribution is 7.80. The molecule has 2 aromatic rings. The van der Waals surface area contributed by atoms with Crippen molar-refractivity contribution in [2.24, 2.45) is 5.73 Å². The molecule has 0 saturated heterocycles. The van der Waals surface area contributed by atoms with Gasteiger partial charge in [-0.3, -0.25) is 0 Å². The minimum Gasteiger partial charge on any atom is -0.389 e. The van der Waals surface area contributed by atoms with Crippen LogP contribution in [0.3, 0.4) is 0 Å². The summed E-state index contributed by atoms with van der Waals surface area (Å²) in [6.07, 6.45) is 2.22. The summed E-state index contributed by atoms with van der Waals surface area (Å²) in [5.41, 5.74) is 8.97. The lowest BCUT2D eigenvalue weighted by Crippen LogP contribution is -2.16. The standard InChI is InChI=1S/C16H20N2S2/c1-3-5-14(15-6-4-9-20-15)18-13-8-7-11(2)10-12(13)16(17)19/h4,6-10,14,18H,3,5H2,1-2H3,(H2,17,19). The Morgan fingerprint density at radius 1 is 1.40 bits per heavy atom. The lowest BCUT2D eigenvalue weighted by molar-refractivity contribution is 0.687. The second-order valence-electron chi connectivity index (χ2n) is 4.91. The molecule has 0 aliphatic heterocycles. The fourth-order valence-corrected chi connectivity index (χ4v) is 3.22. The predicted molar refractivity (Wildman–Crippen MR) is 92.7 cm³/mol. The molecule has 0 amide bonds. The summed E-state index contributed by atoms with van der Waals surface area (Å²) in [7, 11) is 0. The summed E-state index contributed by atoms with van der Waals surface area (Å²) < 4.78 is 0. The van der Waals surface area contributed by atoms with Crippen molar-refractivity contribution in [2.45, 2.75) is 32.7 Å². The molecule has 2 nitrogen and oxygen atoms in total. The van der Waals surface area contributed by atoms with Crippen molar-refractivity contribution in [3.05, 3.63) is 51.7 Å². The SMILES string of the molecule is CCCC(Nc1ccc(C)cc1C(N)=S)c1cccs1. The van der Waals surface area contributed by atoms with E-state index < -0.39 is 0 Å². The maximum absolute atomic E-state index is 5.85. The van der Waals surface area contributed by atoms with E-state index in [1.54, 1.807) is 11.3 Å². The van der Waals surface area contributed by atoms with Crippen LogP contribution in [0.2, 0.25) is 0 Å². The normalized spacial score (nSPS) is 12.1. The number of nitrogens with two attached hydrogens (primary N) is 1. The van der Waals surface area contributed by atoms with Gasteiger partial charge in [0.1, 0.15) is 4.99 Å². The Kier molecular flexibility index (Phi) is 5.15. The van der Waals surface area contributed by atoms with Gasteiger partial charge < -0.3 is 11.1 Å². The van der Waals surface area contributed by atoms with Gasteiger partial charge in [-0.05, 0) is 36.9 Å². The van der Waals surface area contributed by atoms with E-state index in [0.717, 1.165) is 24.1 Å². The third-order valence-corrected chi connectivity index (χ3v) is 4.44. The van der Waals surface area contributed by atoms with E-state index >= 15 is 0 Å². The van der Waals surface area contributed by atoms with Gasteiger partial charge in [0.2, 0.25) is 0 Å². The molecule has 0 bridgehead atoms. The Balaban J connectivity index is 2.29. The molecular formula is C16H20N2S2. The Labute approximate surface area is 130 Å². The Morgan fingerprint density at radius 3 is 2.80 bits per heavy atom. The summed E-state index contributed by atoms with van der Waals surface area (Å²) in [6, 6.07) is 10.8. The van der Waals surface area contributed by atoms with E-state index in [0.29, 0.717) is 11.0 Å². The molecule has 0 aliphatic carbocycles. The summed E-state index contributed by atoms with van der Waals surface area (Å²) in [5, 5.41) is 5.72. The number of thiocarbonyl (C=S) groups is 1. The summed E-state index contributed by atoms with van der Waals surface area (Å²) in [4.78, 5) is 1.79. The van der Waals surface area contributed by atoms with Crippen molar-refractivity contribution < 1.29 is 0 Å². The number of anilines is 1. The molecule has 0 aliphatic rings. The molecule has 20 heavy (non-hydrogen) atoms. The van der Waals surface area contributed by atoms with E-state index in [2.05, 4.69) is 41.9 Å². The Bertz CT molecular complexity index is 576. The molecule has 0 fully saturated rings. The predicted octanol–water partition coefficient (Wildman–Crippen LogP) is 4.64. The van der Waals surface area contributed by atoms with Gasteiger partial charge >= 0.3 is 0 Å². The molecule has 0 saturated carbocycles. The highest BCUT2D eigenvalue weighted by Crippen LogP contribution is 2.29. The third kappa shape index (κ3) is 3.58. The summed E-state index contributed by atoms with van der Waals surface area (Å²) in [6.45, 7) is 4.25. The van der Waals surface area contributed by atoms with Gasteiger partial charge in [-0.1, -0.05) is 43.3 Å². The maximum atomic E-state index is 5.85. The lowest BCUT2D eigenvalue weighted by atomic mass is 10.1. The van der Waals surface area contributed by atoms with Crippen LogP contribution >= 0.6 is 23.6 Å². The van der Waals surface area contributed by atoms with Crippen LogP contribution in [0.5, 0.6) is 0 Å². The third-order valence-electron chi connectivity index (χ3n) is 3.23. The van der Waals surface area contributed by atoms with Crippen LogP contribution in [-0.2, 0) is 0 Å². The van der Waals surface area contributed by atoms with E-state index in [1.165, 1.54) is 10.4 Å². The van der Waals surface area contributed by atoms with Crippen LogP contribution in [0.4, 0.5) is 5.69 Å². The molecule has 1 aromatic carbocycles. The highest BCUT2D eigenvalue weighted by atomic mass is 32.1. The van der Waals surface area contributed by atoms with Crippen LogP contribution in [0.25, 0.3) is 0 Å². The van der Waals surface area contributed by atoms with Crippen molar-refractivity contribution in [1.82, 2.24) is 0 Å². The van der Waals surface area contributed by atoms with Gasteiger partial charge in [0, 0.05) is 16.1 Å². The van der Waals surface area contributed by atoms with Crippen LogP contribution in [0.15, 0.2) is 35.7 Å². The Morgan fingerprint density at radius 2 is 2.20 bits per heavy atom. The van der Waals surface area contributed by atoms with E-state index in [1.807, 2.05) is 13.0 Å². The molecule has 0 radical (unpaired) electrons. The van der Waals surface area contributed by atoms with Crippen LogP contribution < -0.4 is 11.1 Å². The number of nitrogens with one attached hydrogen (secondary N) is 1. The van der Waals surface area contributed by atoms with Crippen molar-refractivity contribution in [3.8, 4) is 0 Å². The fourth-order valence-electron chi connectivity index (χ4n) is 2.24. The van der Waals surface area contributed by atoms with Gasteiger partial charge in [-0.2, -0.15) is 0 Å². The molecule has 0 spiro atoms. The molecular weight excluding hydrogens is 284 g/mol. The van der Waals surface area contributed by atoms with Gasteiger partial charge in [-0.15, -0.1) is 11.3 Å². The van der Waals surface area contributed by atoms with Gasteiger partial charge in [0.05, 0.1) is 6.04 Å². The average molecular weight is 304 g/mol. The zero-order chi connectivity index (χ0) is 14.5. The van der Waals surface area contributed by atoms with Gasteiger partial charge in [-0.25, -0.2) is 0 Å². The first-order valence-corrected chi connectivity index (χ1v) is 8.11. The molecule has 1 heterocycles. The quantitative estimate of drug-likeness (QED) is 0.763. The molecule has 4 heteroatoms.